The molecule has 2 aromatic heterocycles. The van der Waals surface area contributed by atoms with Crippen molar-refractivity contribution in [3.63, 3.8) is 0 Å². The zero-order valence-electron chi connectivity index (χ0n) is 34.2. The summed E-state index contributed by atoms with van der Waals surface area (Å²) in [7, 11) is 2.55. The van der Waals surface area contributed by atoms with Crippen LogP contribution >= 0.6 is 0 Å². The zero-order valence-corrected chi connectivity index (χ0v) is 34.2. The van der Waals surface area contributed by atoms with Gasteiger partial charge in [-0.3, -0.25) is 9.59 Å². The van der Waals surface area contributed by atoms with Crippen LogP contribution in [0.1, 0.15) is 63.3 Å². The molecule has 2 aliphatic rings. The number of rotatable bonds is 13. The van der Waals surface area contributed by atoms with Crippen LogP contribution in [0.4, 0.5) is 9.59 Å². The van der Waals surface area contributed by atoms with Gasteiger partial charge in [0.15, 0.2) is 0 Å². The van der Waals surface area contributed by atoms with Gasteiger partial charge in [0.25, 0.3) is 0 Å². The van der Waals surface area contributed by atoms with Crippen molar-refractivity contribution < 1.29 is 38.1 Å². The summed E-state index contributed by atoms with van der Waals surface area (Å²) in [6.07, 6.45) is 4.84. The number of carbonyl (C=O) groups excluding carboxylic acids is 4. The smallest absolute Gasteiger partial charge is 0.407 e. The Bertz CT molecular complexity index is 2280. The Kier molecular flexibility index (Phi) is 13.4. The number of H-pyrrole nitrogens is 2. The van der Waals surface area contributed by atoms with Crippen LogP contribution in [0.25, 0.3) is 44.4 Å². The molecule has 0 spiro atoms. The maximum Gasteiger partial charge on any atom is 0.407 e. The first kappa shape index (κ1) is 41.9. The van der Waals surface area contributed by atoms with Gasteiger partial charge >= 0.3 is 12.2 Å². The van der Waals surface area contributed by atoms with Gasteiger partial charge in [0.2, 0.25) is 11.8 Å². The van der Waals surface area contributed by atoms with Gasteiger partial charge in [-0.1, -0.05) is 48.5 Å². The second kappa shape index (κ2) is 19.2. The van der Waals surface area contributed by atoms with Crippen LogP contribution in [0.15, 0.2) is 73.1 Å². The molecule has 316 valence electrons. The maximum absolute atomic E-state index is 13.4. The number of amides is 4. The molecule has 0 radical (unpaired) electrons. The normalized spacial score (nSPS) is 16.9. The molecule has 0 aliphatic carbocycles. The molecule has 7 rings (SSSR count). The van der Waals surface area contributed by atoms with Crippen LogP contribution in [0, 0.1) is 11.8 Å². The highest BCUT2D eigenvalue weighted by atomic mass is 16.5. The third-order valence-electron chi connectivity index (χ3n) is 11.4. The monoisotopic (exact) mass is 820 g/mol. The Morgan fingerprint density at radius 1 is 0.583 bits per heavy atom. The molecule has 4 amide bonds. The van der Waals surface area contributed by atoms with Crippen LogP contribution in [-0.4, -0.2) is 96.7 Å². The fourth-order valence-corrected chi connectivity index (χ4v) is 7.85. The summed E-state index contributed by atoms with van der Waals surface area (Å²) in [6, 6.07) is 18.4. The lowest BCUT2D eigenvalue weighted by Crippen LogP contribution is -2.52. The molecule has 4 atom stereocenters. The van der Waals surface area contributed by atoms with E-state index in [1.807, 2.05) is 32.0 Å². The largest absolute Gasteiger partial charge is 0.453 e. The molecule has 4 heterocycles. The van der Waals surface area contributed by atoms with E-state index >= 15 is 0 Å². The lowest BCUT2D eigenvalue weighted by Gasteiger charge is -2.30. The number of alkyl carbamates (subject to hydrolysis) is 2. The van der Waals surface area contributed by atoms with Gasteiger partial charge in [-0.2, -0.15) is 0 Å². The quantitative estimate of drug-likeness (QED) is 0.0823. The summed E-state index contributed by atoms with van der Waals surface area (Å²) in [5.74, 6) is 0.459. The van der Waals surface area contributed by atoms with Crippen molar-refractivity contribution >= 4 is 34.8 Å². The van der Waals surface area contributed by atoms with Crippen molar-refractivity contribution in [2.45, 2.75) is 63.7 Å². The maximum atomic E-state index is 13.4. The Balaban J connectivity index is 0.975. The lowest BCUT2D eigenvalue weighted by molar-refractivity contribution is -0.126. The molecule has 60 heavy (non-hydrogen) atoms. The summed E-state index contributed by atoms with van der Waals surface area (Å²) >= 11 is 0. The average Bonchev–Trinajstić information content (AvgIpc) is 3.99. The number of fused-ring (bicyclic) bond motifs is 1. The highest BCUT2D eigenvalue weighted by Gasteiger charge is 2.34. The van der Waals surface area contributed by atoms with Gasteiger partial charge in [0, 0.05) is 32.0 Å². The number of benzene rings is 3. The first-order valence-electron chi connectivity index (χ1n) is 20.3. The summed E-state index contributed by atoms with van der Waals surface area (Å²) in [5.41, 5.74) is 5.64. The number of aromatic amines is 2. The van der Waals surface area contributed by atoms with Gasteiger partial charge in [0.05, 0.1) is 50.1 Å². The van der Waals surface area contributed by atoms with Crippen molar-refractivity contribution in [1.82, 2.24) is 41.2 Å². The summed E-state index contributed by atoms with van der Waals surface area (Å²) in [4.78, 5) is 66.6. The van der Waals surface area contributed by atoms with Crippen LogP contribution in [0.2, 0.25) is 0 Å². The summed E-state index contributed by atoms with van der Waals surface area (Å²) in [6.45, 7) is 5.84. The Labute approximate surface area is 347 Å². The minimum Gasteiger partial charge on any atom is -0.453 e. The van der Waals surface area contributed by atoms with Crippen LogP contribution in [0.5, 0.6) is 0 Å². The molecule has 3 aromatic carbocycles. The van der Waals surface area contributed by atoms with Crippen molar-refractivity contribution in [2.75, 3.05) is 40.6 Å². The third-order valence-corrected chi connectivity index (χ3v) is 11.4. The summed E-state index contributed by atoms with van der Waals surface area (Å²) < 4.78 is 20.5. The minimum atomic E-state index is -0.746. The van der Waals surface area contributed by atoms with Crippen molar-refractivity contribution in [3.05, 3.63) is 84.7 Å². The number of methoxy groups -OCH3 is 2. The molecule has 5 aromatic rings. The van der Waals surface area contributed by atoms with E-state index in [2.05, 4.69) is 83.7 Å². The van der Waals surface area contributed by atoms with E-state index in [-0.39, 0.29) is 23.7 Å². The molecule has 16 heteroatoms. The van der Waals surface area contributed by atoms with Gasteiger partial charge in [-0.25, -0.2) is 19.6 Å². The van der Waals surface area contributed by atoms with E-state index in [0.29, 0.717) is 63.8 Å². The Morgan fingerprint density at radius 2 is 0.983 bits per heavy atom. The van der Waals surface area contributed by atoms with Gasteiger partial charge in [-0.05, 0) is 91.0 Å². The zero-order chi connectivity index (χ0) is 42.2. The lowest BCUT2D eigenvalue weighted by atomic mass is 9.91. The number of hydrogen-bond donors (Lipinski definition) is 6. The third kappa shape index (κ3) is 9.94. The minimum absolute atomic E-state index is 0.0632. The predicted molar refractivity (Wildman–Crippen MR) is 223 cm³/mol. The molecule has 0 bridgehead atoms. The molecule has 16 nitrogen and oxygen atoms in total. The van der Waals surface area contributed by atoms with E-state index in [9.17, 15) is 19.2 Å². The number of hydrogen-bond acceptors (Lipinski definition) is 10. The van der Waals surface area contributed by atoms with E-state index in [4.69, 9.17) is 18.9 Å². The first-order chi connectivity index (χ1) is 29.1. The molecular formula is C44H52N8O8. The fourth-order valence-electron chi connectivity index (χ4n) is 7.85. The summed E-state index contributed by atoms with van der Waals surface area (Å²) in [5, 5.41) is 13.5. The van der Waals surface area contributed by atoms with E-state index in [0.717, 1.165) is 44.4 Å². The standard InChI is InChI=1S/C44H52N8O8/c1-25(47-41(53)37(51-43(55)57-3)29-13-17-59-18-14-29)39-45-23-35(49-39)28-7-5-27(6-8-28)31-9-10-33-22-34(12-11-32(33)21-31)36-24-46-40(50-36)26(2)48-42(54)38(52-44(56)58-4)30-15-19-60-20-16-30/h5-12,21-26,29-30,37-38H,13-20H2,1-4H3,(H,45,49)(H,46,50)(H,47,53)(H,48,54)(H,51,55)(H,52,56)/t25-,26-,37?,38-/m0/s1. The topological polar surface area (TPSA) is 211 Å². The molecule has 2 saturated heterocycles. The molecule has 6 N–H and O–H groups in total. The van der Waals surface area contributed by atoms with Crippen LogP contribution in [-0.2, 0) is 28.5 Å². The van der Waals surface area contributed by atoms with Crippen molar-refractivity contribution in [2.24, 2.45) is 11.8 Å². The first-order valence-corrected chi connectivity index (χ1v) is 20.3. The predicted octanol–water partition coefficient (Wildman–Crippen LogP) is 5.94. The molecule has 0 saturated carbocycles. The van der Waals surface area contributed by atoms with E-state index in [1.54, 1.807) is 12.4 Å². The van der Waals surface area contributed by atoms with Crippen LogP contribution < -0.4 is 21.3 Å². The number of aromatic nitrogens is 4. The average molecular weight is 821 g/mol. The highest BCUT2D eigenvalue weighted by Crippen LogP contribution is 2.31. The second-order valence-electron chi connectivity index (χ2n) is 15.3. The number of nitrogens with zero attached hydrogens (tertiary/aromatic N) is 2. The van der Waals surface area contributed by atoms with Crippen molar-refractivity contribution in [3.8, 4) is 33.6 Å². The number of nitrogens with one attached hydrogen (secondary N) is 6. The number of carbonyl (C=O) groups is 4. The molecule has 2 fully saturated rings. The van der Waals surface area contributed by atoms with Gasteiger partial charge in [0.1, 0.15) is 23.7 Å². The van der Waals surface area contributed by atoms with Gasteiger partial charge < -0.3 is 50.2 Å². The molecular weight excluding hydrogens is 769 g/mol. The second-order valence-corrected chi connectivity index (χ2v) is 15.3. The van der Waals surface area contributed by atoms with E-state index in [1.165, 1.54) is 14.2 Å². The Morgan fingerprint density at radius 3 is 1.45 bits per heavy atom. The SMILES string of the molecule is COC(=O)NC(C(=O)N[C@@H](C)c1ncc(-c2ccc(-c3ccc4cc(-c5cnc([C@H](C)NC(=O)[C@@H](NC(=O)OC)C6CCOCC6)[nH]5)ccc4c3)cc2)[nH]1)C1CCOCC1. The number of ether oxygens (including phenoxy) is 4. The molecule has 1 unspecified atom stereocenters. The molecule has 2 aliphatic heterocycles. The van der Waals surface area contributed by atoms with Crippen LogP contribution in [0.3, 0.4) is 0 Å². The Hall–Kier alpha value is -6.26. The van der Waals surface area contributed by atoms with Crippen molar-refractivity contribution in [1.29, 1.82) is 0 Å². The van der Waals surface area contributed by atoms with E-state index < -0.39 is 36.4 Å². The highest BCUT2D eigenvalue weighted by molar-refractivity contribution is 5.91. The fraction of sp³-hybridized carbons (Fsp3) is 0.409. The van der Waals surface area contributed by atoms with Gasteiger partial charge in [-0.15, -0.1) is 0 Å². The number of imidazole rings is 2.